The van der Waals surface area contributed by atoms with Crippen LogP contribution in [0.15, 0.2) is 67.1 Å². The van der Waals surface area contributed by atoms with Gasteiger partial charge in [-0.05, 0) is 92.2 Å². The topological polar surface area (TPSA) is 233 Å². The molecule has 2 saturated heterocycles. The summed E-state index contributed by atoms with van der Waals surface area (Å²) >= 11 is 0. The number of amides is 6. The molecule has 2 aliphatic carbocycles. The number of nitrogens with zero attached hydrogens (tertiary/aromatic N) is 3. The predicted molar refractivity (Wildman–Crippen MR) is 248 cm³/mol. The number of hydrogen-bond acceptors (Lipinski definition) is 11. The molecular formula is C50H63F3N8O9. The van der Waals surface area contributed by atoms with Crippen LogP contribution in [0.2, 0.25) is 0 Å². The van der Waals surface area contributed by atoms with Crippen LogP contribution < -0.4 is 27.0 Å². The van der Waals surface area contributed by atoms with Crippen LogP contribution >= 0.6 is 0 Å². The fourth-order valence-corrected chi connectivity index (χ4v) is 10.1. The zero-order valence-electron chi connectivity index (χ0n) is 39.7. The molecule has 1 aromatic carbocycles. The number of pyridine rings is 2. The molecule has 4 fully saturated rings. The van der Waals surface area contributed by atoms with Gasteiger partial charge in [-0.1, -0.05) is 37.3 Å². The van der Waals surface area contributed by atoms with Gasteiger partial charge in [-0.25, -0.2) is 0 Å². The number of carbonyl (C=O) groups is 6. The first-order valence-electron chi connectivity index (χ1n) is 24.0. The smallest absolute Gasteiger partial charge is 0.381 e. The van der Waals surface area contributed by atoms with Crippen LogP contribution in [0.1, 0.15) is 104 Å². The van der Waals surface area contributed by atoms with Gasteiger partial charge in [0.05, 0.1) is 25.2 Å². The Hall–Kier alpha value is -5.99. The number of anilines is 1. The number of nitrogens with two attached hydrogens (primary N) is 1. The molecule has 0 radical (unpaired) electrons. The highest BCUT2D eigenvalue weighted by Gasteiger charge is 2.65. The second kappa shape index (κ2) is 22.8. The molecule has 7 rings (SSSR count). The zero-order valence-corrected chi connectivity index (χ0v) is 39.7. The Morgan fingerprint density at radius 2 is 1.59 bits per heavy atom. The molecule has 3 aromatic rings. The standard InChI is InChI=1S/C50H63F3N8O9/c1-29-42(44(70-49(29,2)50(51,52)53)48(67)60-36-14-17-56-39(23-36)45(54)64)33-12-10-30(11-13-33)25-58-46(65)35-21-37(22-35)59-40(62)15-19-68-27-31-6-8-32(9-7-31)28-69-20-18-57-47(66)38-24-41(63)61(3)43(38)34-5-4-16-55-26-34/h4-5,10-14,16-17,23,26,29,31-32,35,37-38,42-44H,6-9,15,18-22,24-25,27-28H2,1-3H3,(H2,54,64)(H,57,66)(H,58,65)(H,59,62)(H,56,60,67)/t29-,31?,32?,35?,37?,38-,42-,43+,44+,49+/m0/s1. The molecule has 17 nitrogen and oxygen atoms in total. The van der Waals surface area contributed by atoms with E-state index >= 15 is 0 Å². The van der Waals surface area contributed by atoms with Crippen molar-refractivity contribution in [2.75, 3.05) is 45.3 Å². The summed E-state index contributed by atoms with van der Waals surface area (Å²) < 4.78 is 60.4. The van der Waals surface area contributed by atoms with Crippen molar-refractivity contribution in [3.8, 4) is 0 Å². The number of halogens is 3. The lowest BCUT2D eigenvalue weighted by molar-refractivity contribution is -0.272. The summed E-state index contributed by atoms with van der Waals surface area (Å²) in [5.41, 5.74) is 4.62. The van der Waals surface area contributed by atoms with Gasteiger partial charge in [0.25, 0.3) is 11.8 Å². The molecule has 2 aliphatic heterocycles. The van der Waals surface area contributed by atoms with E-state index in [1.165, 1.54) is 25.3 Å². The van der Waals surface area contributed by atoms with Crippen molar-refractivity contribution in [1.82, 2.24) is 30.8 Å². The van der Waals surface area contributed by atoms with Crippen LogP contribution in [0.25, 0.3) is 0 Å². The number of rotatable bonds is 20. The molecule has 0 unspecified atom stereocenters. The fraction of sp³-hybridized carbons (Fsp3) is 0.560. The van der Waals surface area contributed by atoms with E-state index in [1.54, 1.807) is 54.7 Å². The van der Waals surface area contributed by atoms with E-state index < -0.39 is 47.4 Å². The third kappa shape index (κ3) is 12.5. The molecule has 2 saturated carbocycles. The Kier molecular flexibility index (Phi) is 16.9. The van der Waals surface area contributed by atoms with Crippen molar-refractivity contribution in [2.24, 2.45) is 35.3 Å². The van der Waals surface area contributed by atoms with Gasteiger partial charge in [0.15, 0.2) is 5.60 Å². The van der Waals surface area contributed by atoms with E-state index in [-0.39, 0.29) is 72.4 Å². The van der Waals surface area contributed by atoms with E-state index in [4.69, 9.17) is 19.9 Å². The lowest BCUT2D eigenvalue weighted by Crippen LogP contribution is -2.49. The normalized spacial score (nSPS) is 27.6. The predicted octanol–water partition coefficient (Wildman–Crippen LogP) is 4.73. The molecule has 0 bridgehead atoms. The molecular weight excluding hydrogens is 914 g/mol. The summed E-state index contributed by atoms with van der Waals surface area (Å²) in [5, 5.41) is 11.4. The highest BCUT2D eigenvalue weighted by atomic mass is 19.4. The van der Waals surface area contributed by atoms with Gasteiger partial charge in [-0.15, -0.1) is 0 Å². The van der Waals surface area contributed by atoms with Crippen molar-refractivity contribution in [1.29, 1.82) is 0 Å². The number of hydrogen-bond donors (Lipinski definition) is 5. The van der Waals surface area contributed by atoms with E-state index in [0.717, 1.165) is 38.2 Å². The number of likely N-dealkylation sites (tertiary alicyclic amines) is 1. The Morgan fingerprint density at radius 1 is 0.900 bits per heavy atom. The molecule has 378 valence electrons. The van der Waals surface area contributed by atoms with E-state index in [9.17, 15) is 41.9 Å². The Bertz CT molecular complexity index is 2330. The fourth-order valence-electron chi connectivity index (χ4n) is 10.1. The molecule has 70 heavy (non-hydrogen) atoms. The number of benzene rings is 1. The van der Waals surface area contributed by atoms with Gasteiger partial charge in [0, 0.05) is 94.3 Å². The third-order valence-corrected chi connectivity index (χ3v) is 14.6. The number of aromatic nitrogens is 2. The molecule has 0 spiro atoms. The number of ether oxygens (including phenoxy) is 3. The summed E-state index contributed by atoms with van der Waals surface area (Å²) in [4.78, 5) is 85.6. The van der Waals surface area contributed by atoms with Crippen LogP contribution in [-0.2, 0) is 44.7 Å². The minimum Gasteiger partial charge on any atom is -0.381 e. The Balaban J connectivity index is 0.743. The number of alkyl halides is 3. The monoisotopic (exact) mass is 976 g/mol. The van der Waals surface area contributed by atoms with Crippen molar-refractivity contribution < 1.29 is 56.1 Å². The van der Waals surface area contributed by atoms with E-state index in [2.05, 4.69) is 31.2 Å². The SMILES string of the molecule is C[C@H]1[C@@H](c2ccc(CNC(=O)C3CC(NC(=O)CCOCC4CCC(COCCNC(=O)[C@H]5CC(=O)N(C)[C@@H]5c5cccnc5)CC4)C3)cc2)[C@H](C(=O)Nc2ccnc(C(N)=O)c2)O[C@@]1(C)C(F)(F)F. The molecule has 20 heteroatoms. The molecule has 6 amide bonds. The highest BCUT2D eigenvalue weighted by molar-refractivity contribution is 5.97. The average molecular weight is 977 g/mol. The van der Waals surface area contributed by atoms with E-state index in [0.29, 0.717) is 68.8 Å². The average Bonchev–Trinajstić information content (AvgIpc) is 3.79. The zero-order chi connectivity index (χ0) is 50.2. The molecule has 4 heterocycles. The van der Waals surface area contributed by atoms with E-state index in [1.807, 2.05) is 6.07 Å². The molecule has 6 N–H and O–H groups in total. The number of carbonyl (C=O) groups excluding carboxylic acids is 6. The minimum absolute atomic E-state index is 0.0687. The first-order chi connectivity index (χ1) is 33.4. The summed E-state index contributed by atoms with van der Waals surface area (Å²) in [7, 11) is 1.71. The van der Waals surface area contributed by atoms with Crippen LogP contribution in [0.4, 0.5) is 18.9 Å². The Labute approximate surface area is 404 Å². The van der Waals surface area contributed by atoms with Crippen molar-refractivity contribution in [3.05, 3.63) is 89.5 Å². The van der Waals surface area contributed by atoms with Gasteiger partial charge in [-0.2, -0.15) is 13.2 Å². The first-order valence-corrected chi connectivity index (χ1v) is 24.0. The van der Waals surface area contributed by atoms with Crippen LogP contribution in [0, 0.1) is 29.6 Å². The largest absolute Gasteiger partial charge is 0.417 e. The maximum absolute atomic E-state index is 14.4. The second-order valence-corrected chi connectivity index (χ2v) is 19.3. The maximum Gasteiger partial charge on any atom is 0.417 e. The van der Waals surface area contributed by atoms with Gasteiger partial charge < -0.3 is 46.1 Å². The molecule has 4 aliphatic rings. The molecule has 6 atom stereocenters. The second-order valence-electron chi connectivity index (χ2n) is 19.3. The summed E-state index contributed by atoms with van der Waals surface area (Å²) in [6.07, 6.45) is 3.69. The highest BCUT2D eigenvalue weighted by Crippen LogP contribution is 2.53. The molecule has 2 aromatic heterocycles. The lowest BCUT2D eigenvalue weighted by atomic mass is 9.77. The van der Waals surface area contributed by atoms with Crippen LogP contribution in [-0.4, -0.2) is 114 Å². The van der Waals surface area contributed by atoms with Crippen molar-refractivity contribution in [2.45, 2.75) is 108 Å². The lowest BCUT2D eigenvalue weighted by Gasteiger charge is -2.34. The van der Waals surface area contributed by atoms with Crippen LogP contribution in [0.5, 0.6) is 0 Å². The summed E-state index contributed by atoms with van der Waals surface area (Å²) in [5.74, 6) is -4.28. The summed E-state index contributed by atoms with van der Waals surface area (Å²) in [6.45, 7) is 4.75. The number of nitrogens with one attached hydrogen (secondary N) is 4. The third-order valence-electron chi connectivity index (χ3n) is 14.6. The number of primary amides is 1. The minimum atomic E-state index is -4.78. The van der Waals surface area contributed by atoms with Gasteiger partial charge in [-0.3, -0.25) is 38.7 Å². The first kappa shape index (κ1) is 51.8. The van der Waals surface area contributed by atoms with Crippen molar-refractivity contribution >= 4 is 41.1 Å². The summed E-state index contributed by atoms with van der Waals surface area (Å²) in [6, 6.07) is 12.5. The maximum atomic E-state index is 14.4. The van der Waals surface area contributed by atoms with Crippen molar-refractivity contribution in [3.63, 3.8) is 0 Å². The Morgan fingerprint density at radius 3 is 2.23 bits per heavy atom. The van der Waals surface area contributed by atoms with Gasteiger partial charge in [0.1, 0.15) is 11.8 Å². The van der Waals surface area contributed by atoms with Crippen LogP contribution in [0.3, 0.4) is 0 Å². The van der Waals surface area contributed by atoms with Gasteiger partial charge in [0.2, 0.25) is 23.6 Å². The van der Waals surface area contributed by atoms with Gasteiger partial charge >= 0.3 is 6.18 Å². The quantitative estimate of drug-likeness (QED) is 0.0972.